The fraction of sp³-hybridized carbons (Fsp3) is 0.600. The minimum absolute atomic E-state index is 0.0891. The van der Waals surface area contributed by atoms with Crippen molar-refractivity contribution in [3.8, 4) is 0 Å². The molecule has 1 heterocycles. The summed E-state index contributed by atoms with van der Waals surface area (Å²) < 4.78 is 34.6. The predicted octanol–water partition coefficient (Wildman–Crippen LogP) is 4.11. The first-order valence-corrected chi connectivity index (χ1v) is 10.5. The van der Waals surface area contributed by atoms with Crippen LogP contribution in [0, 0.1) is 18.8 Å². The van der Waals surface area contributed by atoms with E-state index in [0.29, 0.717) is 10.8 Å². The maximum Gasteiger partial charge on any atom is 0.246 e. The molecule has 0 N–H and O–H groups in total. The molecule has 4 atom stereocenters. The smallest absolute Gasteiger partial charge is 0.246 e. The number of hydrogen-bond acceptors (Lipinski definition) is 3. The second-order valence-electron chi connectivity index (χ2n) is 8.09. The van der Waals surface area contributed by atoms with Crippen molar-refractivity contribution in [1.82, 2.24) is 4.31 Å². The number of benzene rings is 1. The summed E-state index contributed by atoms with van der Waals surface area (Å²) in [5, 5.41) is 0. The van der Waals surface area contributed by atoms with Crippen LogP contribution in [0.2, 0.25) is 0 Å². The molecule has 1 saturated carbocycles. The Hall–Kier alpha value is -1.17. The van der Waals surface area contributed by atoms with E-state index in [1.54, 1.807) is 18.2 Å². The zero-order valence-corrected chi connectivity index (χ0v) is 16.4. The third-order valence-corrected chi connectivity index (χ3v) is 7.92. The highest BCUT2D eigenvalue weighted by molar-refractivity contribution is 7.89. The van der Waals surface area contributed by atoms with Gasteiger partial charge in [0.1, 0.15) is 6.23 Å². The van der Waals surface area contributed by atoms with E-state index in [1.807, 2.05) is 32.9 Å². The van der Waals surface area contributed by atoms with E-state index in [9.17, 15) is 8.42 Å². The van der Waals surface area contributed by atoms with Gasteiger partial charge in [-0.2, -0.15) is 4.31 Å². The van der Waals surface area contributed by atoms with Crippen LogP contribution in [0.1, 0.15) is 45.6 Å². The number of fused-ring (bicyclic) bond motifs is 1. The van der Waals surface area contributed by atoms with Crippen LogP contribution in [0.4, 0.5) is 0 Å². The summed E-state index contributed by atoms with van der Waals surface area (Å²) in [5.74, 6) is 0.808. The zero-order valence-electron chi connectivity index (χ0n) is 15.6. The van der Waals surface area contributed by atoms with E-state index in [4.69, 9.17) is 4.74 Å². The Kier molecular flexibility index (Phi) is 4.86. The van der Waals surface area contributed by atoms with E-state index in [1.165, 1.54) is 4.31 Å². The summed E-state index contributed by atoms with van der Waals surface area (Å²) in [4.78, 5) is 0.309. The SMILES string of the molecule is C=C[C@@H]1O[C@H]2C[C@H](C)CC[C@@H]2C(C)(C)N1S(=O)(=O)c1ccc(C)cc1. The van der Waals surface area contributed by atoms with Gasteiger partial charge < -0.3 is 4.74 Å². The van der Waals surface area contributed by atoms with E-state index >= 15 is 0 Å². The van der Waals surface area contributed by atoms with Gasteiger partial charge >= 0.3 is 0 Å². The van der Waals surface area contributed by atoms with Crippen LogP contribution in [-0.2, 0) is 14.8 Å². The molecule has 0 bridgehead atoms. The maximum atomic E-state index is 13.4. The summed E-state index contributed by atoms with van der Waals surface area (Å²) >= 11 is 0. The number of hydrogen-bond donors (Lipinski definition) is 0. The molecule has 1 aromatic rings. The molecule has 1 aliphatic carbocycles. The molecule has 1 aliphatic heterocycles. The Labute approximate surface area is 151 Å². The van der Waals surface area contributed by atoms with Gasteiger partial charge in [0.05, 0.1) is 11.0 Å². The van der Waals surface area contributed by atoms with Gasteiger partial charge in [-0.3, -0.25) is 0 Å². The molecule has 4 nitrogen and oxygen atoms in total. The van der Waals surface area contributed by atoms with Gasteiger partial charge in [0, 0.05) is 11.5 Å². The molecule has 0 radical (unpaired) electrons. The monoisotopic (exact) mass is 363 g/mol. The summed E-state index contributed by atoms with van der Waals surface area (Å²) in [6.45, 7) is 12.1. The Morgan fingerprint density at radius 3 is 2.48 bits per heavy atom. The van der Waals surface area contributed by atoms with Gasteiger partial charge in [-0.25, -0.2) is 8.42 Å². The second kappa shape index (κ2) is 6.53. The molecule has 25 heavy (non-hydrogen) atoms. The van der Waals surface area contributed by atoms with Crippen LogP contribution < -0.4 is 0 Å². The lowest BCUT2D eigenvalue weighted by molar-refractivity contribution is -0.182. The highest BCUT2D eigenvalue weighted by Gasteiger charge is 2.54. The summed E-state index contributed by atoms with van der Waals surface area (Å²) in [6, 6.07) is 7.02. The van der Waals surface area contributed by atoms with Crippen molar-refractivity contribution in [2.24, 2.45) is 11.8 Å². The molecule has 2 aliphatic rings. The van der Waals surface area contributed by atoms with Crippen molar-refractivity contribution in [2.45, 2.75) is 69.7 Å². The van der Waals surface area contributed by atoms with Gasteiger partial charge in [0.15, 0.2) is 0 Å². The molecule has 1 aromatic carbocycles. The van der Waals surface area contributed by atoms with Gasteiger partial charge in [0.25, 0.3) is 0 Å². The average molecular weight is 364 g/mol. The second-order valence-corrected chi connectivity index (χ2v) is 9.91. The Morgan fingerprint density at radius 2 is 1.88 bits per heavy atom. The molecular formula is C20H29NO3S. The topological polar surface area (TPSA) is 46.6 Å². The van der Waals surface area contributed by atoms with Crippen LogP contribution in [0.3, 0.4) is 0 Å². The van der Waals surface area contributed by atoms with Gasteiger partial charge in [-0.15, -0.1) is 0 Å². The van der Waals surface area contributed by atoms with Crippen LogP contribution in [0.15, 0.2) is 41.8 Å². The third kappa shape index (κ3) is 3.18. The molecule has 0 amide bonds. The molecule has 5 heteroatoms. The molecule has 3 rings (SSSR count). The van der Waals surface area contributed by atoms with Crippen molar-refractivity contribution in [3.05, 3.63) is 42.5 Å². The lowest BCUT2D eigenvalue weighted by Gasteiger charge is -2.55. The average Bonchev–Trinajstić information content (AvgIpc) is 2.53. The van der Waals surface area contributed by atoms with E-state index in [0.717, 1.165) is 24.8 Å². The van der Waals surface area contributed by atoms with E-state index < -0.39 is 21.8 Å². The number of ether oxygens (including phenoxy) is 1. The zero-order chi connectivity index (χ0) is 18.4. The van der Waals surface area contributed by atoms with E-state index in [2.05, 4.69) is 13.5 Å². The Morgan fingerprint density at radius 1 is 1.24 bits per heavy atom. The first-order valence-electron chi connectivity index (χ1n) is 9.07. The van der Waals surface area contributed by atoms with Crippen LogP contribution >= 0.6 is 0 Å². The highest BCUT2D eigenvalue weighted by Crippen LogP contribution is 2.47. The first kappa shape index (κ1) is 18.6. The molecule has 1 saturated heterocycles. The number of sulfonamides is 1. The van der Waals surface area contributed by atoms with Crippen LogP contribution in [0.5, 0.6) is 0 Å². The third-order valence-electron chi connectivity index (χ3n) is 5.85. The molecule has 0 spiro atoms. The van der Waals surface area contributed by atoms with Gasteiger partial charge in [0.2, 0.25) is 10.0 Å². The largest absolute Gasteiger partial charge is 0.355 e. The summed E-state index contributed by atoms with van der Waals surface area (Å²) in [7, 11) is -3.67. The lowest BCUT2D eigenvalue weighted by Crippen LogP contribution is -2.65. The van der Waals surface area contributed by atoms with Crippen LogP contribution in [-0.4, -0.2) is 30.6 Å². The van der Waals surface area contributed by atoms with Gasteiger partial charge in [-0.1, -0.05) is 37.6 Å². The minimum Gasteiger partial charge on any atom is -0.355 e. The Balaban J connectivity index is 2.03. The van der Waals surface area contributed by atoms with Crippen LogP contribution in [0.25, 0.3) is 0 Å². The number of rotatable bonds is 3. The maximum absolute atomic E-state index is 13.4. The highest BCUT2D eigenvalue weighted by atomic mass is 32.2. The number of aryl methyl sites for hydroxylation is 1. The number of nitrogens with zero attached hydrogens (tertiary/aromatic N) is 1. The lowest BCUT2D eigenvalue weighted by atomic mass is 9.70. The quantitative estimate of drug-likeness (QED) is 0.759. The van der Waals surface area contributed by atoms with E-state index in [-0.39, 0.29) is 12.0 Å². The normalized spacial score (nSPS) is 32.8. The standard InChI is InChI=1S/C20H29NO3S/c1-6-19-21(25(22,23)16-10-7-14(2)8-11-16)20(4,5)17-12-9-15(3)13-18(17)24-19/h6-8,10-11,15,17-19H,1,9,12-13H2,2-5H3/t15-,17+,18+,19+/m1/s1. The predicted molar refractivity (Wildman–Crippen MR) is 99.6 cm³/mol. The van der Waals surface area contributed by atoms with Crippen molar-refractivity contribution in [3.63, 3.8) is 0 Å². The molecule has 2 fully saturated rings. The summed E-state index contributed by atoms with van der Waals surface area (Å²) in [6.07, 6.45) is 4.16. The van der Waals surface area contributed by atoms with Crippen molar-refractivity contribution in [1.29, 1.82) is 0 Å². The van der Waals surface area contributed by atoms with Crippen molar-refractivity contribution < 1.29 is 13.2 Å². The van der Waals surface area contributed by atoms with Gasteiger partial charge in [-0.05, 0) is 57.7 Å². The minimum atomic E-state index is -3.67. The molecule has 0 aromatic heterocycles. The van der Waals surface area contributed by atoms with Crippen molar-refractivity contribution >= 4 is 10.0 Å². The van der Waals surface area contributed by atoms with Crippen molar-refractivity contribution in [2.75, 3.05) is 0 Å². The molecular weight excluding hydrogens is 334 g/mol. The fourth-order valence-electron chi connectivity index (χ4n) is 4.43. The molecule has 138 valence electrons. The fourth-order valence-corrected chi connectivity index (χ4v) is 6.31. The molecule has 0 unspecified atom stereocenters. The Bertz CT molecular complexity index is 739. The summed E-state index contributed by atoms with van der Waals surface area (Å²) in [5.41, 5.74) is 0.515. The first-order chi connectivity index (χ1) is 11.7.